The van der Waals surface area contributed by atoms with E-state index in [0.29, 0.717) is 16.7 Å². The number of aromatic nitrogens is 3. The molecule has 0 spiro atoms. The first-order valence-corrected chi connectivity index (χ1v) is 6.21. The van der Waals surface area contributed by atoms with Crippen LogP contribution in [0, 0.1) is 13.8 Å². The number of aromatic amines is 1. The van der Waals surface area contributed by atoms with Gasteiger partial charge in [-0.05, 0) is 19.4 Å². The first-order valence-electron chi connectivity index (χ1n) is 6.21. The number of hydrogen-bond donors (Lipinski definition) is 2. The summed E-state index contributed by atoms with van der Waals surface area (Å²) in [6.45, 7) is 4.01. The zero-order chi connectivity index (χ0) is 14.3. The molecule has 0 unspecified atom stereocenters. The van der Waals surface area contributed by atoms with Gasteiger partial charge in [-0.15, -0.1) is 0 Å². The maximum atomic E-state index is 11.3. The molecule has 0 aliphatic carbocycles. The van der Waals surface area contributed by atoms with E-state index in [1.165, 1.54) is 12.5 Å². The minimum atomic E-state index is -0.989. The normalized spacial score (nSPS) is 10.9. The van der Waals surface area contributed by atoms with Gasteiger partial charge in [-0.3, -0.25) is 0 Å². The van der Waals surface area contributed by atoms with Crippen LogP contribution in [0.2, 0.25) is 0 Å². The van der Waals surface area contributed by atoms with Gasteiger partial charge in [0.05, 0.1) is 16.6 Å². The van der Waals surface area contributed by atoms with Crippen LogP contribution in [0.1, 0.15) is 21.5 Å². The van der Waals surface area contributed by atoms with E-state index in [-0.39, 0.29) is 5.56 Å². The summed E-state index contributed by atoms with van der Waals surface area (Å²) >= 11 is 0. The molecule has 20 heavy (non-hydrogen) atoms. The second kappa shape index (κ2) is 4.45. The fraction of sp³-hybridized carbons (Fsp3) is 0.133. The van der Waals surface area contributed by atoms with Crippen molar-refractivity contribution in [2.75, 3.05) is 0 Å². The zero-order valence-electron chi connectivity index (χ0n) is 11.1. The molecule has 2 N–H and O–H groups in total. The summed E-state index contributed by atoms with van der Waals surface area (Å²) in [6, 6.07) is 6.00. The zero-order valence-corrected chi connectivity index (χ0v) is 11.1. The number of carboxylic acid groups (broad SMARTS) is 1. The number of carboxylic acids is 1. The highest BCUT2D eigenvalue weighted by molar-refractivity contribution is 6.07. The predicted molar refractivity (Wildman–Crippen MR) is 75.8 cm³/mol. The monoisotopic (exact) mass is 267 g/mol. The van der Waals surface area contributed by atoms with Gasteiger partial charge in [0.25, 0.3) is 0 Å². The van der Waals surface area contributed by atoms with Gasteiger partial charge in [-0.2, -0.15) is 0 Å². The van der Waals surface area contributed by atoms with Gasteiger partial charge in [-0.1, -0.05) is 23.8 Å². The molecule has 0 atom stereocenters. The van der Waals surface area contributed by atoms with E-state index < -0.39 is 5.97 Å². The fourth-order valence-corrected chi connectivity index (χ4v) is 2.42. The summed E-state index contributed by atoms with van der Waals surface area (Å²) in [5, 5.41) is 9.83. The highest BCUT2D eigenvalue weighted by Crippen LogP contribution is 2.30. The smallest absolute Gasteiger partial charge is 0.338 e. The van der Waals surface area contributed by atoms with Crippen LogP contribution in [0.4, 0.5) is 0 Å². The van der Waals surface area contributed by atoms with E-state index in [0.717, 1.165) is 16.7 Å². The molecule has 0 aliphatic heterocycles. The quantitative estimate of drug-likeness (QED) is 0.748. The van der Waals surface area contributed by atoms with Gasteiger partial charge < -0.3 is 10.1 Å². The maximum absolute atomic E-state index is 11.3. The lowest BCUT2D eigenvalue weighted by molar-refractivity contribution is 0.0699. The summed E-state index contributed by atoms with van der Waals surface area (Å²) in [5.74, 6) is -0.989. The SMILES string of the molecule is Cc1ccc(-c2ncnc3[nH]cc(C(=O)O)c23)c(C)c1. The summed E-state index contributed by atoms with van der Waals surface area (Å²) in [4.78, 5) is 22.6. The second-order valence-electron chi connectivity index (χ2n) is 4.77. The molecule has 0 saturated carbocycles. The first kappa shape index (κ1) is 12.3. The van der Waals surface area contributed by atoms with Crippen molar-refractivity contribution in [3.63, 3.8) is 0 Å². The summed E-state index contributed by atoms with van der Waals surface area (Å²) < 4.78 is 0. The number of nitrogens with zero attached hydrogens (tertiary/aromatic N) is 2. The maximum Gasteiger partial charge on any atom is 0.338 e. The number of carbonyl (C=O) groups is 1. The standard InChI is InChI=1S/C15H13N3O2/c1-8-3-4-10(9(2)5-8)13-12-11(15(19)20)6-16-14(12)18-7-17-13/h3-7H,1-2H3,(H,19,20)(H,16,17,18). The average Bonchev–Trinajstić information content (AvgIpc) is 2.83. The molecular weight excluding hydrogens is 254 g/mol. The Morgan fingerprint density at radius 1 is 1.25 bits per heavy atom. The molecule has 3 aromatic rings. The third kappa shape index (κ3) is 1.84. The number of hydrogen-bond acceptors (Lipinski definition) is 3. The van der Waals surface area contributed by atoms with Crippen LogP contribution in [0.5, 0.6) is 0 Å². The van der Waals surface area contributed by atoms with Crippen molar-refractivity contribution < 1.29 is 9.90 Å². The molecule has 100 valence electrons. The highest BCUT2D eigenvalue weighted by Gasteiger charge is 2.17. The molecule has 0 saturated heterocycles. The van der Waals surface area contributed by atoms with Crippen molar-refractivity contribution in [3.8, 4) is 11.3 Å². The number of rotatable bonds is 2. The Kier molecular flexibility index (Phi) is 2.75. The Morgan fingerprint density at radius 2 is 2.05 bits per heavy atom. The van der Waals surface area contributed by atoms with Crippen LogP contribution in [0.25, 0.3) is 22.3 Å². The molecule has 2 aromatic heterocycles. The van der Waals surface area contributed by atoms with Gasteiger partial charge >= 0.3 is 5.97 Å². The molecule has 1 aromatic carbocycles. The molecule has 0 radical (unpaired) electrons. The molecule has 0 aliphatic rings. The van der Waals surface area contributed by atoms with Crippen LogP contribution < -0.4 is 0 Å². The van der Waals surface area contributed by atoms with Gasteiger partial charge in [0, 0.05) is 11.8 Å². The molecule has 5 nitrogen and oxygen atoms in total. The number of fused-ring (bicyclic) bond motifs is 1. The van der Waals surface area contributed by atoms with Gasteiger partial charge in [0.2, 0.25) is 0 Å². The number of H-pyrrole nitrogens is 1. The van der Waals surface area contributed by atoms with Crippen molar-refractivity contribution in [2.45, 2.75) is 13.8 Å². The van der Waals surface area contributed by atoms with E-state index in [9.17, 15) is 9.90 Å². The Balaban J connectivity index is 2.36. The third-order valence-corrected chi connectivity index (χ3v) is 3.34. The van der Waals surface area contributed by atoms with Crippen molar-refractivity contribution in [3.05, 3.63) is 47.4 Å². The van der Waals surface area contributed by atoms with Gasteiger partial charge in [0.1, 0.15) is 12.0 Å². The lowest BCUT2D eigenvalue weighted by Crippen LogP contribution is -1.97. The number of aryl methyl sites for hydroxylation is 2. The van der Waals surface area contributed by atoms with Crippen LogP contribution in [-0.2, 0) is 0 Å². The van der Waals surface area contributed by atoms with Crippen molar-refractivity contribution >= 4 is 17.0 Å². The molecule has 3 rings (SSSR count). The Bertz CT molecular complexity index is 821. The Labute approximate surface area is 115 Å². The van der Waals surface area contributed by atoms with Crippen LogP contribution in [-0.4, -0.2) is 26.0 Å². The largest absolute Gasteiger partial charge is 0.478 e. The topological polar surface area (TPSA) is 78.9 Å². The molecule has 2 heterocycles. The summed E-state index contributed by atoms with van der Waals surface area (Å²) in [7, 11) is 0. The van der Waals surface area contributed by atoms with Crippen LogP contribution in [0.3, 0.4) is 0 Å². The van der Waals surface area contributed by atoms with E-state index in [1.807, 2.05) is 26.0 Å². The minimum Gasteiger partial charge on any atom is -0.478 e. The lowest BCUT2D eigenvalue weighted by Gasteiger charge is -2.08. The Morgan fingerprint density at radius 3 is 2.75 bits per heavy atom. The molecular formula is C15H13N3O2. The van der Waals surface area contributed by atoms with E-state index in [1.54, 1.807) is 0 Å². The van der Waals surface area contributed by atoms with Crippen LogP contribution in [0.15, 0.2) is 30.7 Å². The molecule has 5 heteroatoms. The number of aromatic carboxylic acids is 1. The number of nitrogens with one attached hydrogen (secondary N) is 1. The van der Waals surface area contributed by atoms with E-state index in [2.05, 4.69) is 21.0 Å². The predicted octanol–water partition coefficient (Wildman–Crippen LogP) is 2.94. The van der Waals surface area contributed by atoms with Crippen molar-refractivity contribution in [1.82, 2.24) is 15.0 Å². The lowest BCUT2D eigenvalue weighted by atomic mass is 10.00. The van der Waals surface area contributed by atoms with Crippen molar-refractivity contribution in [2.24, 2.45) is 0 Å². The van der Waals surface area contributed by atoms with Gasteiger partial charge in [-0.25, -0.2) is 14.8 Å². The average molecular weight is 267 g/mol. The molecule has 0 bridgehead atoms. The second-order valence-corrected chi connectivity index (χ2v) is 4.77. The Hall–Kier alpha value is -2.69. The first-order chi connectivity index (χ1) is 9.58. The highest BCUT2D eigenvalue weighted by atomic mass is 16.4. The van der Waals surface area contributed by atoms with Crippen LogP contribution >= 0.6 is 0 Å². The van der Waals surface area contributed by atoms with Gasteiger partial charge in [0.15, 0.2) is 0 Å². The van der Waals surface area contributed by atoms with E-state index in [4.69, 9.17) is 0 Å². The van der Waals surface area contributed by atoms with Crippen molar-refractivity contribution in [1.29, 1.82) is 0 Å². The third-order valence-electron chi connectivity index (χ3n) is 3.34. The van der Waals surface area contributed by atoms with E-state index >= 15 is 0 Å². The molecule has 0 amide bonds. The fourth-order valence-electron chi connectivity index (χ4n) is 2.42. The summed E-state index contributed by atoms with van der Waals surface area (Å²) in [6.07, 6.45) is 2.90. The number of benzene rings is 1. The minimum absolute atomic E-state index is 0.190. The molecule has 0 fully saturated rings. The summed E-state index contributed by atoms with van der Waals surface area (Å²) in [5.41, 5.74) is 4.51.